The summed E-state index contributed by atoms with van der Waals surface area (Å²) in [6.45, 7) is 4.13. The molecule has 1 spiro atoms. The zero-order valence-electron chi connectivity index (χ0n) is 21.4. The highest BCUT2D eigenvalue weighted by Crippen LogP contribution is 2.42. The van der Waals surface area contributed by atoms with E-state index in [0.29, 0.717) is 18.2 Å². The summed E-state index contributed by atoms with van der Waals surface area (Å²) in [5, 5.41) is 3.14. The molecule has 0 aliphatic carbocycles. The molecule has 1 unspecified atom stereocenters. The molecular weight excluding hydrogens is 466 g/mol. The molecule has 1 atom stereocenters. The topological polar surface area (TPSA) is 75.0 Å². The van der Waals surface area contributed by atoms with Gasteiger partial charge in [0.1, 0.15) is 5.75 Å². The summed E-state index contributed by atoms with van der Waals surface area (Å²) in [5.41, 5.74) is 1.98. The van der Waals surface area contributed by atoms with Gasteiger partial charge in [-0.3, -0.25) is 9.59 Å². The minimum Gasteiger partial charge on any atom is -0.497 e. The molecule has 194 valence electrons. The molecule has 2 fully saturated rings. The van der Waals surface area contributed by atoms with Gasteiger partial charge in [-0.25, -0.2) is 0 Å². The van der Waals surface area contributed by atoms with Crippen LogP contribution in [0, 0.1) is 5.41 Å². The quantitative estimate of drug-likeness (QED) is 0.462. The fraction of sp³-hybridized carbons (Fsp3) is 0.400. The van der Waals surface area contributed by atoms with Crippen LogP contribution in [0.5, 0.6) is 5.75 Å². The van der Waals surface area contributed by atoms with E-state index in [1.165, 1.54) is 6.26 Å². The zero-order chi connectivity index (χ0) is 25.7. The summed E-state index contributed by atoms with van der Waals surface area (Å²) in [4.78, 5) is 30.6. The van der Waals surface area contributed by atoms with E-state index in [1.54, 1.807) is 19.2 Å². The van der Waals surface area contributed by atoms with Gasteiger partial charge in [-0.1, -0.05) is 42.5 Å². The number of benzene rings is 2. The molecule has 1 aromatic heterocycles. The predicted molar refractivity (Wildman–Crippen MR) is 141 cm³/mol. The van der Waals surface area contributed by atoms with E-state index in [2.05, 4.69) is 10.2 Å². The second kappa shape index (κ2) is 11.2. The van der Waals surface area contributed by atoms with Gasteiger partial charge in [0.2, 0.25) is 5.91 Å². The Balaban J connectivity index is 1.15. The fourth-order valence-electron chi connectivity index (χ4n) is 5.62. The molecule has 3 heterocycles. The first-order valence-corrected chi connectivity index (χ1v) is 13.1. The minimum absolute atomic E-state index is 0.109. The molecule has 0 bridgehead atoms. The standard InChI is InChI=1S/C30H35N3O4/c1-36-25-11-9-23(10-12-25)22-33-20-16-30(29(33)35)14-18-32(19-15-30)17-13-26(24-6-3-2-4-7-24)31-28(34)27-8-5-21-37-27/h2-12,21,26H,13-20,22H2,1H3,(H,31,34). The van der Waals surface area contributed by atoms with Crippen molar-refractivity contribution in [1.82, 2.24) is 15.1 Å². The lowest BCUT2D eigenvalue weighted by Crippen LogP contribution is -2.45. The van der Waals surface area contributed by atoms with Crippen LogP contribution < -0.4 is 10.1 Å². The third-order valence-electron chi connectivity index (χ3n) is 7.93. The maximum absolute atomic E-state index is 13.4. The number of amides is 2. The van der Waals surface area contributed by atoms with Gasteiger partial charge < -0.3 is 24.3 Å². The van der Waals surface area contributed by atoms with Crippen molar-refractivity contribution in [3.63, 3.8) is 0 Å². The van der Waals surface area contributed by atoms with E-state index < -0.39 is 0 Å². The number of likely N-dealkylation sites (tertiary alicyclic amines) is 2. The van der Waals surface area contributed by atoms with Gasteiger partial charge in [0.05, 0.1) is 24.8 Å². The number of nitrogens with one attached hydrogen (secondary N) is 1. The molecular formula is C30H35N3O4. The summed E-state index contributed by atoms with van der Waals surface area (Å²) < 4.78 is 10.5. The Morgan fingerprint density at radius 3 is 2.41 bits per heavy atom. The second-order valence-corrected chi connectivity index (χ2v) is 10.1. The lowest BCUT2D eigenvalue weighted by Gasteiger charge is -2.38. The van der Waals surface area contributed by atoms with E-state index in [-0.39, 0.29) is 17.4 Å². The van der Waals surface area contributed by atoms with Crippen LogP contribution in [0.15, 0.2) is 77.4 Å². The van der Waals surface area contributed by atoms with Crippen LogP contribution in [0.1, 0.15) is 53.4 Å². The van der Waals surface area contributed by atoms with Crippen molar-refractivity contribution in [2.45, 2.75) is 38.3 Å². The van der Waals surface area contributed by atoms with Crippen molar-refractivity contribution in [2.75, 3.05) is 33.3 Å². The van der Waals surface area contributed by atoms with Gasteiger partial charge in [0.25, 0.3) is 5.91 Å². The Bertz CT molecular complexity index is 1170. The summed E-state index contributed by atoms with van der Waals surface area (Å²) >= 11 is 0. The molecule has 7 nitrogen and oxygen atoms in total. The number of ether oxygens (including phenoxy) is 1. The van der Waals surface area contributed by atoms with Crippen LogP contribution in [0.2, 0.25) is 0 Å². The van der Waals surface area contributed by atoms with Crippen molar-refractivity contribution in [3.8, 4) is 5.75 Å². The lowest BCUT2D eigenvalue weighted by atomic mass is 9.77. The Kier molecular flexibility index (Phi) is 7.60. The molecule has 7 heteroatoms. The first-order chi connectivity index (χ1) is 18.1. The lowest BCUT2D eigenvalue weighted by molar-refractivity contribution is -0.138. The van der Waals surface area contributed by atoms with E-state index in [1.807, 2.05) is 59.5 Å². The minimum atomic E-state index is -0.227. The SMILES string of the molecule is COc1ccc(CN2CCC3(CCN(CCC(NC(=O)c4ccco4)c4ccccc4)CC3)C2=O)cc1. The van der Waals surface area contributed by atoms with Gasteiger partial charge in [-0.2, -0.15) is 0 Å². The van der Waals surface area contributed by atoms with Crippen LogP contribution in [0.4, 0.5) is 0 Å². The van der Waals surface area contributed by atoms with E-state index in [0.717, 1.165) is 68.7 Å². The Morgan fingerprint density at radius 1 is 1.00 bits per heavy atom. The highest BCUT2D eigenvalue weighted by Gasteiger charge is 2.47. The molecule has 2 aliphatic rings. The number of hydrogen-bond acceptors (Lipinski definition) is 5. The molecule has 0 radical (unpaired) electrons. The third kappa shape index (κ3) is 5.72. The molecule has 3 aromatic rings. The molecule has 1 N–H and O–H groups in total. The number of rotatable bonds is 9. The Morgan fingerprint density at radius 2 is 1.73 bits per heavy atom. The van der Waals surface area contributed by atoms with Gasteiger partial charge in [0.15, 0.2) is 5.76 Å². The molecule has 5 rings (SSSR count). The average molecular weight is 502 g/mol. The molecule has 2 amide bonds. The summed E-state index contributed by atoms with van der Waals surface area (Å²) in [7, 11) is 1.66. The van der Waals surface area contributed by atoms with Crippen LogP contribution in [-0.4, -0.2) is 54.9 Å². The summed E-state index contributed by atoms with van der Waals surface area (Å²) in [6.07, 6.45) is 5.01. The highest BCUT2D eigenvalue weighted by molar-refractivity contribution is 5.91. The van der Waals surface area contributed by atoms with Gasteiger partial charge in [-0.05, 0) is 74.2 Å². The maximum Gasteiger partial charge on any atom is 0.287 e. The van der Waals surface area contributed by atoms with Gasteiger partial charge in [0, 0.05) is 19.6 Å². The van der Waals surface area contributed by atoms with Gasteiger partial charge >= 0.3 is 0 Å². The number of carbonyl (C=O) groups excluding carboxylic acids is 2. The van der Waals surface area contributed by atoms with Crippen molar-refractivity contribution in [3.05, 3.63) is 89.9 Å². The van der Waals surface area contributed by atoms with E-state index in [9.17, 15) is 9.59 Å². The number of methoxy groups -OCH3 is 1. The van der Waals surface area contributed by atoms with Crippen molar-refractivity contribution < 1.29 is 18.7 Å². The number of piperidine rings is 1. The van der Waals surface area contributed by atoms with Crippen LogP contribution >= 0.6 is 0 Å². The van der Waals surface area contributed by atoms with Crippen LogP contribution in [0.3, 0.4) is 0 Å². The van der Waals surface area contributed by atoms with Gasteiger partial charge in [-0.15, -0.1) is 0 Å². The number of hydrogen-bond donors (Lipinski definition) is 1. The monoisotopic (exact) mass is 501 g/mol. The molecule has 2 saturated heterocycles. The first-order valence-electron chi connectivity index (χ1n) is 13.1. The smallest absolute Gasteiger partial charge is 0.287 e. The second-order valence-electron chi connectivity index (χ2n) is 10.1. The molecule has 2 aromatic carbocycles. The summed E-state index contributed by atoms with van der Waals surface area (Å²) in [5.74, 6) is 1.25. The number of furan rings is 1. The number of carbonyl (C=O) groups is 2. The normalized spacial score (nSPS) is 18.2. The largest absolute Gasteiger partial charge is 0.497 e. The fourth-order valence-corrected chi connectivity index (χ4v) is 5.62. The predicted octanol–water partition coefficient (Wildman–Crippen LogP) is 4.66. The maximum atomic E-state index is 13.4. The first kappa shape index (κ1) is 25.1. The zero-order valence-corrected chi connectivity index (χ0v) is 21.4. The van der Waals surface area contributed by atoms with E-state index in [4.69, 9.17) is 9.15 Å². The van der Waals surface area contributed by atoms with Crippen molar-refractivity contribution in [1.29, 1.82) is 0 Å². The third-order valence-corrected chi connectivity index (χ3v) is 7.93. The molecule has 0 saturated carbocycles. The highest BCUT2D eigenvalue weighted by atomic mass is 16.5. The van der Waals surface area contributed by atoms with Crippen molar-refractivity contribution in [2.24, 2.45) is 5.41 Å². The Labute approximate surface area is 218 Å². The van der Waals surface area contributed by atoms with Crippen LogP contribution in [-0.2, 0) is 11.3 Å². The molecule has 37 heavy (non-hydrogen) atoms. The average Bonchev–Trinajstić information content (AvgIpc) is 3.58. The van der Waals surface area contributed by atoms with Crippen molar-refractivity contribution >= 4 is 11.8 Å². The van der Waals surface area contributed by atoms with Crippen LogP contribution in [0.25, 0.3) is 0 Å². The van der Waals surface area contributed by atoms with E-state index >= 15 is 0 Å². The number of nitrogens with zero attached hydrogens (tertiary/aromatic N) is 2. The summed E-state index contributed by atoms with van der Waals surface area (Å²) in [6, 6.07) is 21.3. The molecule has 2 aliphatic heterocycles. The Hall–Kier alpha value is -3.58.